The molecule has 4 nitrogen and oxygen atoms in total. The highest BCUT2D eigenvalue weighted by Crippen LogP contribution is 2.59. The quantitative estimate of drug-likeness (QED) is 0.884. The van der Waals surface area contributed by atoms with E-state index in [0.717, 1.165) is 38.1 Å². The molecule has 1 amide bonds. The van der Waals surface area contributed by atoms with Crippen LogP contribution in [0, 0.1) is 11.3 Å². The Morgan fingerprint density at radius 1 is 1.56 bits per heavy atom. The monoisotopic (exact) mass is 248 g/mol. The van der Waals surface area contributed by atoms with Crippen molar-refractivity contribution in [2.24, 2.45) is 11.3 Å². The minimum absolute atomic E-state index is 0.250. The topological polar surface area (TPSA) is 45.5 Å². The van der Waals surface area contributed by atoms with Crippen LogP contribution in [0.3, 0.4) is 0 Å². The molecule has 1 aromatic heterocycles. The smallest absolute Gasteiger partial charge is 0.226 e. The van der Waals surface area contributed by atoms with Crippen LogP contribution in [0.4, 0.5) is 0 Å². The van der Waals surface area contributed by atoms with Gasteiger partial charge in [-0.05, 0) is 49.9 Å². The highest BCUT2D eigenvalue weighted by atomic mass is 16.3. The third-order valence-corrected chi connectivity index (χ3v) is 4.44. The van der Waals surface area contributed by atoms with Crippen LogP contribution >= 0.6 is 0 Å². The second-order valence-electron chi connectivity index (χ2n) is 5.64. The second-order valence-corrected chi connectivity index (χ2v) is 5.64. The van der Waals surface area contributed by atoms with E-state index in [2.05, 4.69) is 5.32 Å². The molecule has 2 aliphatic rings. The molecule has 1 saturated heterocycles. The first-order valence-electron chi connectivity index (χ1n) is 6.69. The number of hydrogen-bond donors (Lipinski definition) is 1. The van der Waals surface area contributed by atoms with E-state index in [1.165, 1.54) is 0 Å². The Morgan fingerprint density at radius 3 is 3.00 bits per heavy atom. The molecule has 4 heteroatoms. The normalized spacial score (nSPS) is 25.1. The minimum Gasteiger partial charge on any atom is -0.467 e. The summed E-state index contributed by atoms with van der Waals surface area (Å²) in [5.41, 5.74) is 0.319. The molecule has 1 atom stereocenters. The molecule has 1 aliphatic heterocycles. The number of piperidine rings is 1. The number of rotatable bonds is 3. The summed E-state index contributed by atoms with van der Waals surface area (Å²) in [6, 6.07) is 3.77. The molecule has 0 bridgehead atoms. The van der Waals surface area contributed by atoms with Gasteiger partial charge in [0, 0.05) is 13.0 Å². The fourth-order valence-electron chi connectivity index (χ4n) is 3.15. The predicted octanol–water partition coefficient (Wildman–Crippen LogP) is 1.63. The van der Waals surface area contributed by atoms with E-state index in [-0.39, 0.29) is 11.8 Å². The summed E-state index contributed by atoms with van der Waals surface area (Å²) in [4.78, 5) is 14.2. The van der Waals surface area contributed by atoms with Gasteiger partial charge in [0.1, 0.15) is 5.76 Å². The molecule has 18 heavy (non-hydrogen) atoms. The second kappa shape index (κ2) is 4.43. The van der Waals surface area contributed by atoms with E-state index in [9.17, 15) is 4.79 Å². The number of amides is 1. The fourth-order valence-corrected chi connectivity index (χ4v) is 3.15. The largest absolute Gasteiger partial charge is 0.467 e. The van der Waals surface area contributed by atoms with Gasteiger partial charge < -0.3 is 14.6 Å². The van der Waals surface area contributed by atoms with E-state index in [1.54, 1.807) is 11.2 Å². The first-order valence-corrected chi connectivity index (χ1v) is 6.69. The van der Waals surface area contributed by atoms with E-state index in [4.69, 9.17) is 4.42 Å². The average molecular weight is 248 g/mol. The van der Waals surface area contributed by atoms with Gasteiger partial charge in [-0.1, -0.05) is 0 Å². The van der Waals surface area contributed by atoms with Crippen LogP contribution in [0.2, 0.25) is 0 Å². The maximum atomic E-state index is 12.4. The molecule has 1 unspecified atom stereocenters. The van der Waals surface area contributed by atoms with E-state index in [0.29, 0.717) is 12.0 Å². The van der Waals surface area contributed by atoms with Crippen molar-refractivity contribution in [1.29, 1.82) is 0 Å². The first-order chi connectivity index (χ1) is 8.71. The standard InChI is InChI=1S/C14H20N2O2/c1-16(10-11-3-2-8-18-11)13(17)12-9-14(12)4-6-15-7-5-14/h2-3,8,12,15H,4-7,9-10H2,1H3. The van der Waals surface area contributed by atoms with Crippen molar-refractivity contribution < 1.29 is 9.21 Å². The Balaban J connectivity index is 1.58. The Bertz CT molecular complexity index is 421. The number of furan rings is 1. The van der Waals surface area contributed by atoms with Crippen LogP contribution in [0.5, 0.6) is 0 Å². The Hall–Kier alpha value is -1.29. The number of nitrogens with one attached hydrogen (secondary N) is 1. The molecule has 1 aliphatic carbocycles. The molecular formula is C14H20N2O2. The van der Waals surface area contributed by atoms with Crippen LogP contribution < -0.4 is 5.32 Å². The van der Waals surface area contributed by atoms with Crippen LogP contribution in [-0.4, -0.2) is 30.9 Å². The van der Waals surface area contributed by atoms with Gasteiger partial charge in [0.2, 0.25) is 5.91 Å². The lowest BCUT2D eigenvalue weighted by molar-refractivity contribution is -0.133. The lowest BCUT2D eigenvalue weighted by Crippen LogP contribution is -2.34. The number of carbonyl (C=O) groups excluding carboxylic acids is 1. The van der Waals surface area contributed by atoms with Crippen LogP contribution in [0.15, 0.2) is 22.8 Å². The van der Waals surface area contributed by atoms with Gasteiger partial charge in [0.05, 0.1) is 12.8 Å². The first kappa shape index (κ1) is 11.8. The van der Waals surface area contributed by atoms with Gasteiger partial charge in [-0.3, -0.25) is 4.79 Å². The number of carbonyl (C=O) groups is 1. The SMILES string of the molecule is CN(Cc1ccco1)C(=O)C1CC12CCNCC2. The summed E-state index contributed by atoms with van der Waals surface area (Å²) in [7, 11) is 1.87. The zero-order valence-corrected chi connectivity index (χ0v) is 10.8. The summed E-state index contributed by atoms with van der Waals surface area (Å²) >= 11 is 0. The molecule has 3 rings (SSSR count). The Morgan fingerprint density at radius 2 is 2.33 bits per heavy atom. The van der Waals surface area contributed by atoms with Gasteiger partial charge in [-0.25, -0.2) is 0 Å². The highest BCUT2D eigenvalue weighted by Gasteiger charge is 2.58. The lowest BCUT2D eigenvalue weighted by atomic mass is 9.91. The van der Waals surface area contributed by atoms with Crippen molar-refractivity contribution in [3.63, 3.8) is 0 Å². The summed E-state index contributed by atoms with van der Waals surface area (Å²) in [6.07, 6.45) is 5.03. The Labute approximate surface area is 107 Å². The third-order valence-electron chi connectivity index (χ3n) is 4.44. The molecule has 98 valence electrons. The van der Waals surface area contributed by atoms with Crippen LogP contribution in [0.25, 0.3) is 0 Å². The number of hydrogen-bond acceptors (Lipinski definition) is 3. The summed E-state index contributed by atoms with van der Waals surface area (Å²) < 4.78 is 5.29. The zero-order chi connectivity index (χ0) is 12.6. The molecule has 0 radical (unpaired) electrons. The van der Waals surface area contributed by atoms with Crippen molar-refractivity contribution in [2.45, 2.75) is 25.8 Å². The van der Waals surface area contributed by atoms with Crippen LogP contribution in [-0.2, 0) is 11.3 Å². The summed E-state index contributed by atoms with van der Waals surface area (Å²) in [6.45, 7) is 2.70. The van der Waals surface area contributed by atoms with Crippen molar-refractivity contribution in [1.82, 2.24) is 10.2 Å². The molecule has 1 aromatic rings. The van der Waals surface area contributed by atoms with Gasteiger partial charge in [-0.2, -0.15) is 0 Å². The van der Waals surface area contributed by atoms with Crippen molar-refractivity contribution in [3.8, 4) is 0 Å². The summed E-state index contributed by atoms with van der Waals surface area (Å²) in [5.74, 6) is 1.39. The summed E-state index contributed by atoms with van der Waals surface area (Å²) in [5, 5.41) is 3.37. The van der Waals surface area contributed by atoms with E-state index >= 15 is 0 Å². The predicted molar refractivity (Wildman–Crippen MR) is 67.8 cm³/mol. The molecule has 2 heterocycles. The zero-order valence-electron chi connectivity index (χ0n) is 10.8. The van der Waals surface area contributed by atoms with E-state index < -0.39 is 0 Å². The van der Waals surface area contributed by atoms with Crippen molar-refractivity contribution >= 4 is 5.91 Å². The van der Waals surface area contributed by atoms with Gasteiger partial charge in [-0.15, -0.1) is 0 Å². The van der Waals surface area contributed by atoms with Crippen molar-refractivity contribution in [3.05, 3.63) is 24.2 Å². The number of nitrogens with zero attached hydrogens (tertiary/aromatic N) is 1. The van der Waals surface area contributed by atoms with E-state index in [1.807, 2.05) is 19.2 Å². The lowest BCUT2D eigenvalue weighted by Gasteiger charge is -2.24. The third kappa shape index (κ3) is 2.05. The Kier molecular flexibility index (Phi) is 2.90. The molecule has 1 N–H and O–H groups in total. The molecule has 0 aromatic carbocycles. The highest BCUT2D eigenvalue weighted by molar-refractivity contribution is 5.82. The van der Waals surface area contributed by atoms with Crippen LogP contribution in [0.1, 0.15) is 25.0 Å². The molecular weight excluding hydrogens is 228 g/mol. The average Bonchev–Trinajstić information content (AvgIpc) is 2.84. The molecule has 2 fully saturated rings. The maximum absolute atomic E-state index is 12.4. The maximum Gasteiger partial charge on any atom is 0.226 e. The molecule has 1 spiro atoms. The van der Waals surface area contributed by atoms with Gasteiger partial charge >= 0.3 is 0 Å². The van der Waals surface area contributed by atoms with Crippen molar-refractivity contribution in [2.75, 3.05) is 20.1 Å². The van der Waals surface area contributed by atoms with Gasteiger partial charge in [0.15, 0.2) is 0 Å². The molecule has 1 saturated carbocycles. The minimum atomic E-state index is 0.250. The van der Waals surface area contributed by atoms with Gasteiger partial charge in [0.25, 0.3) is 0 Å². The fraction of sp³-hybridized carbons (Fsp3) is 0.643.